The Morgan fingerprint density at radius 3 is 2.48 bits per heavy atom. The number of nitrogens with one attached hydrogen (secondary N) is 1. The Balaban J connectivity index is 1.74. The maximum absolute atomic E-state index is 4.20. The van der Waals surface area contributed by atoms with E-state index in [2.05, 4.69) is 39.7 Å². The van der Waals surface area contributed by atoms with E-state index in [9.17, 15) is 0 Å². The van der Waals surface area contributed by atoms with Crippen molar-refractivity contribution in [2.24, 2.45) is 14.1 Å². The summed E-state index contributed by atoms with van der Waals surface area (Å²) < 4.78 is 3.71. The molecule has 0 saturated heterocycles. The molecule has 0 amide bonds. The molecule has 108 valence electrons. The zero-order valence-electron chi connectivity index (χ0n) is 12.4. The van der Waals surface area contributed by atoms with Crippen LogP contribution in [0.25, 0.3) is 11.4 Å². The van der Waals surface area contributed by atoms with E-state index >= 15 is 0 Å². The molecule has 0 aliphatic rings. The molecule has 0 fully saturated rings. The first kappa shape index (κ1) is 13.4. The molecule has 3 rings (SSSR count). The van der Waals surface area contributed by atoms with Crippen LogP contribution in [-0.2, 0) is 14.1 Å². The molecule has 0 aliphatic heterocycles. The molecule has 1 unspecified atom stereocenters. The van der Waals surface area contributed by atoms with Crippen LogP contribution in [0.15, 0.2) is 43.0 Å². The van der Waals surface area contributed by atoms with Gasteiger partial charge < -0.3 is 9.88 Å². The van der Waals surface area contributed by atoms with Gasteiger partial charge in [-0.1, -0.05) is 0 Å². The van der Waals surface area contributed by atoms with Gasteiger partial charge in [0.15, 0.2) is 5.82 Å². The zero-order valence-corrected chi connectivity index (χ0v) is 12.4. The maximum Gasteiger partial charge on any atom is 0.163 e. The average molecular weight is 282 g/mol. The first-order valence-corrected chi connectivity index (χ1v) is 6.83. The number of benzene rings is 1. The molecule has 2 heterocycles. The van der Waals surface area contributed by atoms with Gasteiger partial charge in [0.1, 0.15) is 6.33 Å². The van der Waals surface area contributed by atoms with Crippen molar-refractivity contribution in [1.29, 1.82) is 0 Å². The van der Waals surface area contributed by atoms with Gasteiger partial charge in [-0.3, -0.25) is 4.68 Å². The summed E-state index contributed by atoms with van der Waals surface area (Å²) in [4.78, 5) is 0. The first-order chi connectivity index (χ1) is 10.1. The number of aryl methyl sites for hydroxylation is 2. The molecule has 0 bridgehead atoms. The van der Waals surface area contributed by atoms with Crippen molar-refractivity contribution in [3.8, 4) is 11.4 Å². The van der Waals surface area contributed by atoms with Crippen LogP contribution in [0.5, 0.6) is 0 Å². The van der Waals surface area contributed by atoms with Gasteiger partial charge in [-0.15, -0.1) is 10.2 Å². The smallest absolute Gasteiger partial charge is 0.163 e. The van der Waals surface area contributed by atoms with Crippen LogP contribution < -0.4 is 5.32 Å². The predicted octanol–water partition coefficient (Wildman–Crippen LogP) is 2.39. The van der Waals surface area contributed by atoms with Crippen molar-refractivity contribution in [3.05, 3.63) is 48.5 Å². The van der Waals surface area contributed by atoms with Crippen molar-refractivity contribution in [3.63, 3.8) is 0 Å². The Labute approximate surface area is 123 Å². The fourth-order valence-electron chi connectivity index (χ4n) is 2.26. The van der Waals surface area contributed by atoms with Crippen molar-refractivity contribution in [1.82, 2.24) is 24.5 Å². The molecule has 0 spiro atoms. The number of nitrogens with zero attached hydrogens (tertiary/aromatic N) is 5. The molecule has 1 atom stereocenters. The van der Waals surface area contributed by atoms with Crippen LogP contribution in [0.3, 0.4) is 0 Å². The van der Waals surface area contributed by atoms with Gasteiger partial charge in [-0.2, -0.15) is 5.10 Å². The van der Waals surface area contributed by atoms with Crippen molar-refractivity contribution in [2.75, 3.05) is 5.32 Å². The Morgan fingerprint density at radius 2 is 1.90 bits per heavy atom. The second-order valence-corrected chi connectivity index (χ2v) is 5.16. The molecule has 3 aromatic rings. The van der Waals surface area contributed by atoms with Gasteiger partial charge >= 0.3 is 0 Å². The minimum absolute atomic E-state index is 0.208. The lowest BCUT2D eigenvalue weighted by Gasteiger charge is -2.14. The number of hydrogen-bond donors (Lipinski definition) is 1. The largest absolute Gasteiger partial charge is 0.378 e. The van der Waals surface area contributed by atoms with Gasteiger partial charge in [0, 0.05) is 37.1 Å². The Bertz CT molecular complexity index is 725. The molecule has 6 heteroatoms. The number of hydrogen-bond acceptors (Lipinski definition) is 4. The SMILES string of the molecule is CC(Nc1ccc(-c2nncn2C)cc1)c1cnn(C)c1. The van der Waals surface area contributed by atoms with E-state index in [4.69, 9.17) is 0 Å². The first-order valence-electron chi connectivity index (χ1n) is 6.83. The highest BCUT2D eigenvalue weighted by Crippen LogP contribution is 2.22. The van der Waals surface area contributed by atoms with E-state index in [1.54, 1.807) is 6.33 Å². The molecule has 1 aromatic carbocycles. The minimum atomic E-state index is 0.208. The summed E-state index contributed by atoms with van der Waals surface area (Å²) in [6.07, 6.45) is 5.60. The number of aromatic nitrogens is 5. The number of rotatable bonds is 4. The lowest BCUT2D eigenvalue weighted by atomic mass is 10.1. The molecule has 0 saturated carbocycles. The van der Waals surface area contributed by atoms with Crippen molar-refractivity contribution < 1.29 is 0 Å². The fourth-order valence-corrected chi connectivity index (χ4v) is 2.26. The zero-order chi connectivity index (χ0) is 14.8. The summed E-state index contributed by atoms with van der Waals surface area (Å²) >= 11 is 0. The van der Waals surface area contributed by atoms with Crippen LogP contribution in [0.2, 0.25) is 0 Å². The highest BCUT2D eigenvalue weighted by atomic mass is 15.2. The minimum Gasteiger partial charge on any atom is -0.378 e. The van der Waals surface area contributed by atoms with Gasteiger partial charge in [-0.05, 0) is 31.2 Å². The van der Waals surface area contributed by atoms with Gasteiger partial charge in [0.05, 0.1) is 12.2 Å². The monoisotopic (exact) mass is 282 g/mol. The van der Waals surface area contributed by atoms with Crippen LogP contribution >= 0.6 is 0 Å². The van der Waals surface area contributed by atoms with Gasteiger partial charge in [-0.25, -0.2) is 0 Å². The third kappa shape index (κ3) is 2.79. The highest BCUT2D eigenvalue weighted by molar-refractivity contribution is 5.60. The standard InChI is InChI=1S/C15H18N6/c1-11(13-8-17-21(3)9-13)18-14-6-4-12(5-7-14)15-19-16-10-20(15)2/h4-11,18H,1-3H3. The molecule has 1 N–H and O–H groups in total. The summed E-state index contributed by atoms with van der Waals surface area (Å²) in [5, 5.41) is 15.7. The predicted molar refractivity (Wildman–Crippen MR) is 81.7 cm³/mol. The van der Waals surface area contributed by atoms with E-state index < -0.39 is 0 Å². The third-order valence-corrected chi connectivity index (χ3v) is 3.46. The lowest BCUT2D eigenvalue weighted by Crippen LogP contribution is -2.05. The normalized spacial score (nSPS) is 12.3. The summed E-state index contributed by atoms with van der Waals surface area (Å²) in [7, 11) is 3.86. The van der Waals surface area contributed by atoms with Gasteiger partial charge in [0.25, 0.3) is 0 Å². The molecule has 0 radical (unpaired) electrons. The van der Waals surface area contributed by atoms with Crippen LogP contribution in [-0.4, -0.2) is 24.5 Å². The Kier molecular flexibility index (Phi) is 3.43. The summed E-state index contributed by atoms with van der Waals surface area (Å²) in [6, 6.07) is 8.40. The van der Waals surface area contributed by atoms with E-state index in [0.29, 0.717) is 0 Å². The molecule has 21 heavy (non-hydrogen) atoms. The maximum atomic E-state index is 4.20. The Morgan fingerprint density at radius 1 is 1.14 bits per heavy atom. The molecule has 2 aromatic heterocycles. The van der Waals surface area contributed by atoms with E-state index in [1.165, 1.54) is 0 Å². The topological polar surface area (TPSA) is 60.6 Å². The van der Waals surface area contributed by atoms with Crippen molar-refractivity contribution >= 4 is 5.69 Å². The fraction of sp³-hybridized carbons (Fsp3) is 0.267. The van der Waals surface area contributed by atoms with Crippen LogP contribution in [0, 0.1) is 0 Å². The molecule has 6 nitrogen and oxygen atoms in total. The average Bonchev–Trinajstić information content (AvgIpc) is 3.08. The van der Waals surface area contributed by atoms with Crippen LogP contribution in [0.1, 0.15) is 18.5 Å². The lowest BCUT2D eigenvalue weighted by molar-refractivity contribution is 0.765. The van der Waals surface area contributed by atoms with E-state index in [0.717, 1.165) is 22.6 Å². The van der Waals surface area contributed by atoms with Gasteiger partial charge in [0.2, 0.25) is 0 Å². The summed E-state index contributed by atoms with van der Waals surface area (Å²) in [5.74, 6) is 0.863. The highest BCUT2D eigenvalue weighted by Gasteiger charge is 2.08. The van der Waals surface area contributed by atoms with E-state index in [-0.39, 0.29) is 6.04 Å². The molecular weight excluding hydrogens is 264 g/mol. The Hall–Kier alpha value is -2.63. The van der Waals surface area contributed by atoms with Crippen molar-refractivity contribution in [2.45, 2.75) is 13.0 Å². The summed E-state index contributed by atoms with van der Waals surface area (Å²) in [6.45, 7) is 2.12. The second kappa shape index (κ2) is 5.40. The molecule has 0 aliphatic carbocycles. The van der Waals surface area contributed by atoms with Crippen LogP contribution in [0.4, 0.5) is 5.69 Å². The second-order valence-electron chi connectivity index (χ2n) is 5.16. The number of anilines is 1. The van der Waals surface area contributed by atoms with E-state index in [1.807, 2.05) is 47.9 Å². The molecular formula is C15H18N6. The quantitative estimate of drug-likeness (QED) is 0.798. The third-order valence-electron chi connectivity index (χ3n) is 3.46. The summed E-state index contributed by atoms with van der Waals surface area (Å²) in [5.41, 5.74) is 3.28.